The molecule has 0 bridgehead atoms. The summed E-state index contributed by atoms with van der Waals surface area (Å²) in [5.41, 5.74) is 1.29. The number of sulfonamides is 1. The van der Waals surface area contributed by atoms with Crippen LogP contribution in [0.25, 0.3) is 5.69 Å². The van der Waals surface area contributed by atoms with Gasteiger partial charge in [-0.05, 0) is 48.0 Å². The number of ether oxygens (including phenoxy) is 2. The van der Waals surface area contributed by atoms with Gasteiger partial charge in [-0.25, -0.2) is 17.8 Å². The molecule has 8 nitrogen and oxygen atoms in total. The molecule has 0 saturated heterocycles. The standard InChI is InChI=1S/C19H19N3O5S/c23-17(14-2-7-18-19(12-14)27-11-10-26-18)13-21-28(24,25)16-5-3-15(4-6-16)22-9-1-8-20-22/h1-9,12,17,21,23H,10-11,13H2/t17-/m1/s1. The third-order valence-electron chi connectivity index (χ3n) is 4.33. The van der Waals surface area contributed by atoms with Crippen molar-refractivity contribution < 1.29 is 23.0 Å². The van der Waals surface area contributed by atoms with E-state index in [1.165, 1.54) is 12.1 Å². The molecular formula is C19H19N3O5S. The number of rotatable bonds is 6. The molecular weight excluding hydrogens is 382 g/mol. The van der Waals surface area contributed by atoms with Gasteiger partial charge in [0.15, 0.2) is 11.5 Å². The Balaban J connectivity index is 1.43. The maximum Gasteiger partial charge on any atom is 0.240 e. The van der Waals surface area contributed by atoms with Crippen molar-refractivity contribution in [2.75, 3.05) is 19.8 Å². The van der Waals surface area contributed by atoms with Crippen LogP contribution in [0.15, 0.2) is 65.8 Å². The number of nitrogens with one attached hydrogen (secondary N) is 1. The molecule has 2 N–H and O–H groups in total. The molecule has 0 saturated carbocycles. The summed E-state index contributed by atoms with van der Waals surface area (Å²) in [5.74, 6) is 1.15. The summed E-state index contributed by atoms with van der Waals surface area (Å²) < 4.78 is 40.0. The highest BCUT2D eigenvalue weighted by atomic mass is 32.2. The second-order valence-corrected chi connectivity index (χ2v) is 7.98. The van der Waals surface area contributed by atoms with E-state index in [1.807, 2.05) is 0 Å². The molecule has 0 spiro atoms. The first kappa shape index (κ1) is 18.5. The fraction of sp³-hybridized carbons (Fsp3) is 0.211. The number of hydrogen-bond acceptors (Lipinski definition) is 6. The van der Waals surface area contributed by atoms with Crippen molar-refractivity contribution in [3.05, 3.63) is 66.5 Å². The molecule has 146 valence electrons. The molecule has 0 fully saturated rings. The summed E-state index contributed by atoms with van der Waals surface area (Å²) in [5, 5.41) is 14.5. The fourth-order valence-electron chi connectivity index (χ4n) is 2.86. The zero-order valence-electron chi connectivity index (χ0n) is 14.9. The second-order valence-electron chi connectivity index (χ2n) is 6.22. The lowest BCUT2D eigenvalue weighted by atomic mass is 10.1. The number of hydrogen-bond donors (Lipinski definition) is 2. The summed E-state index contributed by atoms with van der Waals surface area (Å²) >= 11 is 0. The molecule has 28 heavy (non-hydrogen) atoms. The van der Waals surface area contributed by atoms with Crippen LogP contribution in [0.1, 0.15) is 11.7 Å². The molecule has 2 heterocycles. The zero-order chi connectivity index (χ0) is 19.6. The smallest absolute Gasteiger partial charge is 0.240 e. The third-order valence-corrected chi connectivity index (χ3v) is 5.77. The van der Waals surface area contributed by atoms with Gasteiger partial charge in [-0.3, -0.25) is 0 Å². The topological polar surface area (TPSA) is 103 Å². The third kappa shape index (κ3) is 3.86. The van der Waals surface area contributed by atoms with Crippen LogP contribution in [0.2, 0.25) is 0 Å². The summed E-state index contributed by atoms with van der Waals surface area (Å²) in [6.07, 6.45) is 2.39. The van der Waals surface area contributed by atoms with E-state index < -0.39 is 16.1 Å². The predicted octanol–water partition coefficient (Wildman–Crippen LogP) is 1.66. The number of nitrogens with zero attached hydrogens (tertiary/aromatic N) is 2. The largest absolute Gasteiger partial charge is 0.486 e. The van der Waals surface area contributed by atoms with E-state index in [2.05, 4.69) is 9.82 Å². The number of aliphatic hydroxyl groups is 1. The molecule has 0 unspecified atom stereocenters. The Bertz CT molecular complexity index is 1050. The molecule has 1 aliphatic heterocycles. The van der Waals surface area contributed by atoms with Crippen molar-refractivity contribution >= 4 is 10.0 Å². The molecule has 1 aromatic heterocycles. The molecule has 1 atom stereocenters. The van der Waals surface area contributed by atoms with Crippen molar-refractivity contribution in [2.24, 2.45) is 0 Å². The zero-order valence-corrected chi connectivity index (χ0v) is 15.7. The Morgan fingerprint density at radius 2 is 1.86 bits per heavy atom. The quantitative estimate of drug-likeness (QED) is 0.651. The van der Waals surface area contributed by atoms with Crippen LogP contribution in [-0.4, -0.2) is 43.1 Å². The molecule has 4 rings (SSSR count). The number of fused-ring (bicyclic) bond motifs is 1. The average Bonchev–Trinajstić information content (AvgIpc) is 3.27. The van der Waals surface area contributed by atoms with Crippen molar-refractivity contribution in [3.8, 4) is 17.2 Å². The molecule has 0 radical (unpaired) electrons. The Morgan fingerprint density at radius 3 is 2.57 bits per heavy atom. The van der Waals surface area contributed by atoms with Gasteiger partial charge in [-0.15, -0.1) is 0 Å². The summed E-state index contributed by atoms with van der Waals surface area (Å²) in [7, 11) is -3.76. The Morgan fingerprint density at radius 1 is 1.11 bits per heavy atom. The first-order valence-corrected chi connectivity index (χ1v) is 10.2. The minimum absolute atomic E-state index is 0.109. The Labute approximate surface area is 162 Å². The molecule has 2 aromatic carbocycles. The lowest BCUT2D eigenvalue weighted by Gasteiger charge is -2.20. The first-order chi connectivity index (χ1) is 13.5. The molecule has 1 aliphatic rings. The van der Waals surface area contributed by atoms with Gasteiger partial charge in [0.2, 0.25) is 10.0 Å². The maximum absolute atomic E-state index is 12.5. The minimum atomic E-state index is -3.76. The van der Waals surface area contributed by atoms with E-state index >= 15 is 0 Å². The summed E-state index contributed by atoms with van der Waals surface area (Å²) in [4.78, 5) is 0.109. The van der Waals surface area contributed by atoms with E-state index in [9.17, 15) is 13.5 Å². The van der Waals surface area contributed by atoms with E-state index in [-0.39, 0.29) is 11.4 Å². The number of aliphatic hydroxyl groups excluding tert-OH is 1. The molecule has 0 amide bonds. The van der Waals surface area contributed by atoms with Crippen molar-refractivity contribution in [3.63, 3.8) is 0 Å². The van der Waals surface area contributed by atoms with E-state index in [0.29, 0.717) is 30.3 Å². The van der Waals surface area contributed by atoms with Crippen molar-refractivity contribution in [1.82, 2.24) is 14.5 Å². The van der Waals surface area contributed by atoms with Crippen LogP contribution in [0.4, 0.5) is 0 Å². The van der Waals surface area contributed by atoms with Crippen LogP contribution in [0.3, 0.4) is 0 Å². The Hall–Kier alpha value is -2.88. The lowest BCUT2D eigenvalue weighted by Crippen LogP contribution is -2.28. The number of benzene rings is 2. The highest BCUT2D eigenvalue weighted by Gasteiger charge is 2.19. The second kappa shape index (κ2) is 7.63. The highest BCUT2D eigenvalue weighted by Crippen LogP contribution is 2.32. The van der Waals surface area contributed by atoms with Gasteiger partial charge < -0.3 is 14.6 Å². The van der Waals surface area contributed by atoms with Crippen molar-refractivity contribution in [2.45, 2.75) is 11.0 Å². The number of aromatic nitrogens is 2. The molecule has 3 aromatic rings. The predicted molar refractivity (Wildman–Crippen MR) is 101 cm³/mol. The highest BCUT2D eigenvalue weighted by molar-refractivity contribution is 7.89. The van der Waals surface area contributed by atoms with E-state index in [1.54, 1.807) is 53.5 Å². The van der Waals surface area contributed by atoms with Crippen LogP contribution in [0, 0.1) is 0 Å². The van der Waals surface area contributed by atoms with Gasteiger partial charge in [-0.1, -0.05) is 6.07 Å². The molecule has 0 aliphatic carbocycles. The van der Waals surface area contributed by atoms with Gasteiger partial charge >= 0.3 is 0 Å². The lowest BCUT2D eigenvalue weighted by molar-refractivity contribution is 0.165. The van der Waals surface area contributed by atoms with Gasteiger partial charge in [0, 0.05) is 18.9 Å². The van der Waals surface area contributed by atoms with Crippen molar-refractivity contribution in [1.29, 1.82) is 0 Å². The van der Waals surface area contributed by atoms with Gasteiger partial charge in [-0.2, -0.15) is 5.10 Å². The minimum Gasteiger partial charge on any atom is -0.486 e. The molecule has 9 heteroatoms. The normalized spacial score (nSPS) is 14.6. The van der Waals surface area contributed by atoms with Gasteiger partial charge in [0.05, 0.1) is 16.7 Å². The van der Waals surface area contributed by atoms with Gasteiger partial charge in [0.25, 0.3) is 0 Å². The van der Waals surface area contributed by atoms with Crippen LogP contribution >= 0.6 is 0 Å². The van der Waals surface area contributed by atoms with Crippen LogP contribution in [0.5, 0.6) is 11.5 Å². The monoisotopic (exact) mass is 401 g/mol. The average molecular weight is 401 g/mol. The van der Waals surface area contributed by atoms with E-state index in [0.717, 1.165) is 5.69 Å². The fourth-order valence-corrected chi connectivity index (χ4v) is 3.89. The first-order valence-electron chi connectivity index (χ1n) is 8.70. The van der Waals surface area contributed by atoms with Crippen LogP contribution in [-0.2, 0) is 10.0 Å². The maximum atomic E-state index is 12.5. The van der Waals surface area contributed by atoms with E-state index in [4.69, 9.17) is 9.47 Å². The van der Waals surface area contributed by atoms with Crippen LogP contribution < -0.4 is 14.2 Å². The Kier molecular flexibility index (Phi) is 5.03. The summed E-state index contributed by atoms with van der Waals surface area (Å²) in [6.45, 7) is 0.754. The van der Waals surface area contributed by atoms with Gasteiger partial charge in [0.1, 0.15) is 13.2 Å². The summed E-state index contributed by atoms with van der Waals surface area (Å²) in [6, 6.07) is 13.2. The SMILES string of the molecule is O=S(=O)(NC[C@@H](O)c1ccc2c(c1)OCCO2)c1ccc(-n2cccn2)cc1.